The smallest absolute Gasteiger partial charge is 0.410 e. The highest BCUT2D eigenvalue weighted by Crippen LogP contribution is 2.50. The summed E-state index contributed by atoms with van der Waals surface area (Å²) in [7, 11) is 0. The van der Waals surface area contributed by atoms with Crippen LogP contribution >= 0.6 is 0 Å². The molecule has 3 fully saturated rings. The first kappa shape index (κ1) is 68.1. The Bertz CT molecular complexity index is 3380. The van der Waals surface area contributed by atoms with Crippen molar-refractivity contribution < 1.29 is 37.5 Å². The second-order valence-electron chi connectivity index (χ2n) is 32.9. The third-order valence-electron chi connectivity index (χ3n) is 20.7. The number of likely N-dealkylation sites (tertiary alicyclic amines) is 2. The molecular formula is C76H108N6O8. The Labute approximate surface area is 538 Å². The number of Topliss-reactive ketones (excluding diaryl/α,β-unsaturated/α-hetero) is 1. The average Bonchev–Trinajstić information content (AvgIpc) is 0.932. The van der Waals surface area contributed by atoms with Crippen LogP contribution in [0.15, 0.2) is 75.8 Å². The Morgan fingerprint density at radius 2 is 0.856 bits per heavy atom. The number of piperidine rings is 3. The summed E-state index contributed by atoms with van der Waals surface area (Å²) in [5.41, 5.74) is 11.1. The van der Waals surface area contributed by atoms with Gasteiger partial charge in [-0.05, 0) is 234 Å². The number of nitrogens with zero attached hydrogens (tertiary/aromatic N) is 4. The number of nitrogens with one attached hydrogen (secondary N) is 2. The molecule has 90 heavy (non-hydrogen) atoms. The molecular weight excluding hydrogens is 1120 g/mol. The van der Waals surface area contributed by atoms with Gasteiger partial charge in [-0.1, -0.05) is 101 Å². The van der Waals surface area contributed by atoms with Crippen LogP contribution in [0.1, 0.15) is 269 Å². The normalized spacial score (nSPS) is 21.0. The van der Waals surface area contributed by atoms with Gasteiger partial charge >= 0.3 is 12.2 Å². The zero-order valence-electron chi connectivity index (χ0n) is 58.1. The number of fused-ring (bicyclic) bond motifs is 3. The minimum Gasteiger partial charge on any atom is -0.444 e. The molecule has 3 saturated heterocycles. The van der Waals surface area contributed by atoms with E-state index in [0.29, 0.717) is 56.4 Å². The maximum Gasteiger partial charge on any atom is 0.410 e. The summed E-state index contributed by atoms with van der Waals surface area (Å²) in [6.07, 6.45) is 15.5. The number of aromatic nitrogens is 2. The highest BCUT2D eigenvalue weighted by molar-refractivity contribution is 5.97. The molecule has 0 saturated carbocycles. The van der Waals surface area contributed by atoms with Gasteiger partial charge in [0.1, 0.15) is 22.7 Å². The standard InChI is InChI=1S/C27H40N2O4.C27H38N2O3.C22H30N2O/c1-25(2,3)33-24(32)29-14-10-18(11-15-29)22(30)17-28-23(31)19-8-9-20-21(16-19)27(6,7)13-12-26(20,4)5;1-25(2,3)32-24(30)29-14-10-18(11-15-29)22-17-28-23(31-22)19-8-9-20-21(16-19)27(6,7)13-12-26(20,4)5;1-21(2)9-10-22(3,4)18-13-16(5-6-17(18)21)20-24-14-19(25-20)15-7-11-23-12-8-15/h8-9,16,18H,10-15,17H2,1-7H3,(H,28,31);8-9,16-18H,10-15H2,1-7H3;5-6,13-15,23H,7-12H2,1-4H3. The van der Waals surface area contributed by atoms with Crippen molar-refractivity contribution >= 4 is 23.9 Å². The number of rotatable bonds is 8. The number of hydrogen-bond donors (Lipinski definition) is 2. The van der Waals surface area contributed by atoms with Crippen molar-refractivity contribution in [2.24, 2.45) is 5.92 Å². The minimum atomic E-state index is -0.532. The molecule has 490 valence electrons. The van der Waals surface area contributed by atoms with Crippen LogP contribution in [-0.2, 0) is 46.8 Å². The largest absolute Gasteiger partial charge is 0.444 e. The van der Waals surface area contributed by atoms with Gasteiger partial charge in [0.25, 0.3) is 5.91 Å². The molecule has 5 aromatic rings. The van der Waals surface area contributed by atoms with E-state index >= 15 is 0 Å². The Kier molecular flexibility index (Phi) is 19.7. The molecule has 3 aliphatic carbocycles. The van der Waals surface area contributed by atoms with Crippen molar-refractivity contribution in [1.29, 1.82) is 0 Å². The minimum absolute atomic E-state index is 0.0158. The van der Waals surface area contributed by atoms with Crippen molar-refractivity contribution in [3.63, 3.8) is 0 Å². The second kappa shape index (κ2) is 26.0. The number of hydrogen-bond acceptors (Lipinski definition) is 11. The van der Waals surface area contributed by atoms with Gasteiger partial charge < -0.3 is 38.7 Å². The number of carbonyl (C=O) groups is 4. The van der Waals surface area contributed by atoms with E-state index in [-0.39, 0.29) is 74.7 Å². The summed E-state index contributed by atoms with van der Waals surface area (Å²) in [5, 5.41) is 6.23. The maximum atomic E-state index is 12.8. The number of amides is 3. The molecule has 3 aromatic carbocycles. The monoisotopic (exact) mass is 1230 g/mol. The Morgan fingerprint density at radius 1 is 0.500 bits per heavy atom. The lowest BCUT2D eigenvalue weighted by atomic mass is 9.63. The fourth-order valence-electron chi connectivity index (χ4n) is 14.3. The Hall–Kier alpha value is -6.28. The number of oxazole rings is 2. The summed E-state index contributed by atoms with van der Waals surface area (Å²) in [6.45, 7) is 43.5. The van der Waals surface area contributed by atoms with E-state index in [0.717, 1.165) is 80.2 Å². The topological polar surface area (TPSA) is 169 Å². The lowest BCUT2D eigenvalue weighted by Crippen LogP contribution is -2.44. The highest BCUT2D eigenvalue weighted by atomic mass is 16.6. The second-order valence-corrected chi connectivity index (χ2v) is 32.9. The van der Waals surface area contributed by atoms with Crippen molar-refractivity contribution in [3.05, 3.63) is 117 Å². The van der Waals surface area contributed by atoms with E-state index in [1.54, 1.807) is 9.80 Å². The summed E-state index contributed by atoms with van der Waals surface area (Å²) in [4.78, 5) is 62.8. The van der Waals surface area contributed by atoms with E-state index in [2.05, 4.69) is 146 Å². The van der Waals surface area contributed by atoms with Crippen LogP contribution in [0.2, 0.25) is 0 Å². The average molecular weight is 1230 g/mol. The van der Waals surface area contributed by atoms with Gasteiger partial charge in [-0.2, -0.15) is 0 Å². The summed E-state index contributed by atoms with van der Waals surface area (Å²) in [5.74, 6) is 3.89. The van der Waals surface area contributed by atoms with Crippen molar-refractivity contribution in [2.75, 3.05) is 45.8 Å². The molecule has 14 heteroatoms. The van der Waals surface area contributed by atoms with E-state index in [9.17, 15) is 19.2 Å². The molecule has 2 aromatic heterocycles. The van der Waals surface area contributed by atoms with Crippen LogP contribution in [0.3, 0.4) is 0 Å². The van der Waals surface area contributed by atoms with E-state index in [1.807, 2.05) is 66.1 Å². The van der Waals surface area contributed by atoms with Crippen molar-refractivity contribution in [1.82, 2.24) is 30.4 Å². The van der Waals surface area contributed by atoms with Gasteiger partial charge in [-0.3, -0.25) is 9.59 Å². The van der Waals surface area contributed by atoms with Crippen LogP contribution in [0.5, 0.6) is 0 Å². The van der Waals surface area contributed by atoms with Crippen LogP contribution in [-0.4, -0.2) is 101 Å². The summed E-state index contributed by atoms with van der Waals surface area (Å²) in [6, 6.07) is 19.5. The maximum absolute atomic E-state index is 12.8. The van der Waals surface area contributed by atoms with Gasteiger partial charge in [0.15, 0.2) is 5.78 Å². The summed E-state index contributed by atoms with van der Waals surface area (Å²) >= 11 is 0. The van der Waals surface area contributed by atoms with Crippen molar-refractivity contribution in [3.8, 4) is 22.9 Å². The zero-order valence-corrected chi connectivity index (χ0v) is 58.1. The number of ketones is 1. The number of ether oxygens (including phenoxy) is 2. The molecule has 0 bridgehead atoms. The van der Waals surface area contributed by atoms with Gasteiger partial charge in [-0.25, -0.2) is 19.6 Å². The summed E-state index contributed by atoms with van der Waals surface area (Å²) < 4.78 is 23.4. The zero-order chi connectivity index (χ0) is 65.6. The van der Waals surface area contributed by atoms with Crippen LogP contribution < -0.4 is 10.6 Å². The van der Waals surface area contributed by atoms with Gasteiger partial charge in [0, 0.05) is 60.6 Å². The molecule has 2 N–H and O–H groups in total. The number of carbonyl (C=O) groups excluding carboxylic acids is 4. The molecule has 6 aliphatic rings. The number of benzene rings is 3. The van der Waals surface area contributed by atoms with Gasteiger partial charge in [-0.15, -0.1) is 0 Å². The van der Waals surface area contributed by atoms with Gasteiger partial charge in [0.05, 0.1) is 18.9 Å². The SMILES string of the molecule is CC(C)(C)OC(=O)N1CCC(C(=O)CNC(=O)c2ccc3c(c2)C(C)(C)CCC3(C)C)CC1.CC(C)(C)OC(=O)N1CCC(c2cnc(-c3ccc4c(c3)C(C)(C)CCC4(C)C)o2)CC1.CC1(C)CCC(C)(C)c2cc(-c3ncc(C4CCNCC4)o3)ccc21. The van der Waals surface area contributed by atoms with Crippen LogP contribution in [0.25, 0.3) is 22.9 Å². The van der Waals surface area contributed by atoms with Crippen molar-refractivity contribution in [2.45, 2.75) is 257 Å². The molecule has 3 aliphatic heterocycles. The third kappa shape index (κ3) is 15.9. The molecule has 5 heterocycles. The van der Waals surface area contributed by atoms with Crippen LogP contribution in [0, 0.1) is 5.92 Å². The van der Waals surface area contributed by atoms with E-state index in [4.69, 9.17) is 18.3 Å². The first-order valence-corrected chi connectivity index (χ1v) is 33.8. The molecule has 0 spiro atoms. The Balaban J connectivity index is 0.000000162. The predicted octanol–water partition coefficient (Wildman–Crippen LogP) is 16.9. The molecule has 3 amide bonds. The molecule has 11 rings (SSSR count). The lowest BCUT2D eigenvalue weighted by Gasteiger charge is -2.42. The van der Waals surface area contributed by atoms with Crippen LogP contribution in [0.4, 0.5) is 9.59 Å². The first-order valence-electron chi connectivity index (χ1n) is 33.8. The quantitative estimate of drug-likeness (QED) is 0.152. The fraction of sp³-hybridized carbons (Fsp3) is 0.632. The predicted molar refractivity (Wildman–Crippen MR) is 359 cm³/mol. The van der Waals surface area contributed by atoms with E-state index < -0.39 is 11.2 Å². The first-order chi connectivity index (χ1) is 41.9. The highest BCUT2D eigenvalue weighted by Gasteiger charge is 2.41. The van der Waals surface area contributed by atoms with E-state index in [1.165, 1.54) is 59.1 Å². The van der Waals surface area contributed by atoms with Gasteiger partial charge in [0.2, 0.25) is 11.8 Å². The fourth-order valence-corrected chi connectivity index (χ4v) is 14.3. The third-order valence-corrected chi connectivity index (χ3v) is 20.7. The molecule has 14 nitrogen and oxygen atoms in total. The molecule has 0 atom stereocenters. The molecule has 0 unspecified atom stereocenters. The Morgan fingerprint density at radius 3 is 1.26 bits per heavy atom. The molecule has 0 radical (unpaired) electrons. The lowest BCUT2D eigenvalue weighted by molar-refractivity contribution is -0.123.